The molecule has 230 valence electrons. The molecule has 1 saturated heterocycles. The third-order valence-electron chi connectivity index (χ3n) is 5.69. The molecule has 3 heterocycles. The van der Waals surface area contributed by atoms with Gasteiger partial charge in [0, 0.05) is 17.2 Å². The average molecular weight is 690 g/mol. The van der Waals surface area contributed by atoms with E-state index in [1.54, 1.807) is 45.0 Å². The Bertz CT molecular complexity index is 1560. The van der Waals surface area contributed by atoms with Gasteiger partial charge in [0.15, 0.2) is 5.75 Å². The van der Waals surface area contributed by atoms with Gasteiger partial charge in [0.25, 0.3) is 21.2 Å². The number of carbonyl (C=O) groups is 4. The van der Waals surface area contributed by atoms with Gasteiger partial charge in [-0.1, -0.05) is 30.0 Å². The predicted octanol–water partition coefficient (Wildman–Crippen LogP) is 0.581. The van der Waals surface area contributed by atoms with Crippen molar-refractivity contribution in [3.05, 3.63) is 47.0 Å². The van der Waals surface area contributed by atoms with Gasteiger partial charge in [0.2, 0.25) is 11.8 Å². The van der Waals surface area contributed by atoms with Gasteiger partial charge in [0.1, 0.15) is 22.7 Å². The molecule has 15 nitrogen and oxygen atoms in total. The van der Waals surface area contributed by atoms with Crippen molar-refractivity contribution in [2.45, 2.75) is 55.2 Å². The Kier molecular flexibility index (Phi) is 13.8. The van der Waals surface area contributed by atoms with Crippen LogP contribution in [0.3, 0.4) is 0 Å². The first-order valence-corrected chi connectivity index (χ1v) is 15.9. The summed E-state index contributed by atoms with van der Waals surface area (Å²) in [6.45, 7) is 5.17. The van der Waals surface area contributed by atoms with E-state index in [-0.39, 0.29) is 93.9 Å². The number of benzene rings is 1. The number of aromatic nitrogens is 2. The molecule has 1 aromatic carbocycles. The zero-order valence-corrected chi connectivity index (χ0v) is 25.0. The van der Waals surface area contributed by atoms with Gasteiger partial charge in [-0.2, -0.15) is 8.42 Å². The number of aliphatic carboxylic acids is 1. The zero-order valence-electron chi connectivity index (χ0n) is 22.5. The van der Waals surface area contributed by atoms with Crippen LogP contribution in [0.15, 0.2) is 45.2 Å². The quantitative estimate of drug-likeness (QED) is 0.116. The summed E-state index contributed by atoms with van der Waals surface area (Å²) in [5, 5.41) is 21.7. The number of β-lactam (4-membered cyclic amide) rings is 1. The molecule has 1 unspecified atom stereocenters. The fraction of sp³-hybridized carbons (Fsp3) is 0.417. The average Bonchev–Trinajstić information content (AvgIpc) is 3.30. The van der Waals surface area contributed by atoms with Crippen molar-refractivity contribution in [3.8, 4) is 0 Å². The molecule has 44 heavy (non-hydrogen) atoms. The first-order chi connectivity index (χ1) is 19.6. The van der Waals surface area contributed by atoms with Gasteiger partial charge >= 0.3 is 71.2 Å². The summed E-state index contributed by atoms with van der Waals surface area (Å²) in [5.74, 6) is -3.32. The SMILES string of the molecule is CC(C)(C)OC(=O)Nc1ccccc1CC(=O)NC1C(=O)N2C(C(=O)O)=C(CSc3nnc(CS(=O)(=O)O)o3)CS[C@H]12.[NaH].[NaH]. The number of carboxylic acid groups (broad SMARTS) is 1. The molecular formula is C24H29N5Na2O10S3. The van der Waals surface area contributed by atoms with Gasteiger partial charge in [0.05, 0.1) is 6.42 Å². The molecule has 0 radical (unpaired) electrons. The fourth-order valence-corrected chi connectivity index (χ4v) is 6.76. The first kappa shape index (κ1) is 38.6. The van der Waals surface area contributed by atoms with Crippen LogP contribution in [0, 0.1) is 0 Å². The molecule has 3 amide bonds. The van der Waals surface area contributed by atoms with Crippen LogP contribution in [0.4, 0.5) is 10.5 Å². The molecule has 2 atom stereocenters. The molecule has 0 aliphatic carbocycles. The van der Waals surface area contributed by atoms with E-state index in [9.17, 15) is 32.7 Å². The van der Waals surface area contributed by atoms with Gasteiger partial charge in [-0.05, 0) is 38.0 Å². The molecule has 0 spiro atoms. The van der Waals surface area contributed by atoms with Crippen LogP contribution >= 0.6 is 23.5 Å². The van der Waals surface area contributed by atoms with Crippen LogP contribution in [0.2, 0.25) is 0 Å². The molecule has 2 aliphatic rings. The van der Waals surface area contributed by atoms with Gasteiger partial charge in [-0.3, -0.25) is 24.4 Å². The molecule has 0 saturated carbocycles. The Morgan fingerprint density at radius 1 is 1.20 bits per heavy atom. The molecule has 4 rings (SSSR count). The maximum absolute atomic E-state index is 13.0. The molecular weight excluding hydrogens is 660 g/mol. The number of hydrogen-bond acceptors (Lipinski definition) is 12. The number of rotatable bonds is 10. The number of ether oxygens (including phenoxy) is 1. The number of hydrogen-bond donors (Lipinski definition) is 4. The van der Waals surface area contributed by atoms with Gasteiger partial charge < -0.3 is 19.6 Å². The van der Waals surface area contributed by atoms with E-state index in [1.807, 2.05) is 0 Å². The number of nitrogens with zero attached hydrogens (tertiary/aromatic N) is 3. The Morgan fingerprint density at radius 3 is 2.52 bits per heavy atom. The Hall–Kier alpha value is -1.61. The minimum atomic E-state index is -4.37. The van der Waals surface area contributed by atoms with E-state index in [4.69, 9.17) is 13.7 Å². The number of carboxylic acids is 1. The number of anilines is 1. The summed E-state index contributed by atoms with van der Waals surface area (Å²) >= 11 is 2.22. The number of fused-ring (bicyclic) bond motifs is 1. The third kappa shape index (κ3) is 10.2. The molecule has 2 aromatic rings. The van der Waals surface area contributed by atoms with E-state index in [2.05, 4.69) is 20.8 Å². The molecule has 1 aromatic heterocycles. The molecule has 0 bridgehead atoms. The minimum absolute atomic E-state index is 0. The van der Waals surface area contributed by atoms with Crippen molar-refractivity contribution in [1.82, 2.24) is 20.4 Å². The Balaban J connectivity index is 0.00000337. The number of nitrogens with one attached hydrogen (secondary N) is 2. The number of amides is 3. The molecule has 20 heteroatoms. The van der Waals surface area contributed by atoms with Crippen LogP contribution in [-0.2, 0) is 41.4 Å². The van der Waals surface area contributed by atoms with Crippen molar-refractivity contribution in [2.24, 2.45) is 0 Å². The van der Waals surface area contributed by atoms with E-state index >= 15 is 0 Å². The second-order valence-electron chi connectivity index (χ2n) is 10.1. The number of carbonyl (C=O) groups excluding carboxylic acids is 3. The van der Waals surface area contributed by atoms with Crippen molar-refractivity contribution < 1.29 is 46.4 Å². The van der Waals surface area contributed by atoms with Gasteiger partial charge in [-0.25, -0.2) is 9.59 Å². The zero-order chi connectivity index (χ0) is 30.8. The third-order valence-corrected chi connectivity index (χ3v) is 8.55. The van der Waals surface area contributed by atoms with E-state index in [0.717, 1.165) is 16.7 Å². The summed E-state index contributed by atoms with van der Waals surface area (Å²) in [6.07, 6.45) is -0.834. The summed E-state index contributed by atoms with van der Waals surface area (Å²) in [5.41, 5.74) is 0.330. The standard InChI is InChI=1S/C24H27N5O10S3.2Na.2H/c1-24(2,3)39-22(34)25-14-7-5-4-6-12(14)8-15(30)26-17-19(31)29-18(21(32)33)13(9-40-20(17)29)10-41-23-28-27-16(38-23)11-42(35,36)37;;;;/h4-7,17,20H,8-11H2,1-3H3,(H,25,34)(H,26,30)(H,32,33)(H,35,36,37);;;;/t17?,20-;;;;/m1..../s1. The van der Waals surface area contributed by atoms with E-state index < -0.39 is 56.8 Å². The monoisotopic (exact) mass is 689 g/mol. The Labute approximate surface area is 305 Å². The Morgan fingerprint density at radius 2 is 1.89 bits per heavy atom. The second kappa shape index (κ2) is 15.8. The van der Waals surface area contributed by atoms with E-state index in [1.165, 1.54) is 11.8 Å². The summed E-state index contributed by atoms with van der Waals surface area (Å²) in [6, 6.07) is 5.71. The van der Waals surface area contributed by atoms with Crippen LogP contribution in [0.5, 0.6) is 0 Å². The number of thioether (sulfide) groups is 2. The van der Waals surface area contributed by atoms with Crippen LogP contribution in [-0.4, -0.2) is 145 Å². The van der Waals surface area contributed by atoms with Gasteiger partial charge in [-0.15, -0.1) is 22.0 Å². The molecule has 2 aliphatic heterocycles. The van der Waals surface area contributed by atoms with Crippen LogP contribution < -0.4 is 10.6 Å². The topological polar surface area (TPSA) is 218 Å². The molecule has 4 N–H and O–H groups in total. The van der Waals surface area contributed by atoms with Crippen LogP contribution in [0.25, 0.3) is 0 Å². The second-order valence-corrected chi connectivity index (χ2v) is 13.6. The number of para-hydroxylation sites is 1. The molecule has 1 fully saturated rings. The van der Waals surface area contributed by atoms with E-state index in [0.29, 0.717) is 16.8 Å². The summed E-state index contributed by atoms with van der Waals surface area (Å²) < 4.78 is 41.3. The summed E-state index contributed by atoms with van der Waals surface area (Å²) in [7, 11) is -4.37. The van der Waals surface area contributed by atoms with Crippen molar-refractivity contribution in [1.29, 1.82) is 0 Å². The van der Waals surface area contributed by atoms with Crippen molar-refractivity contribution in [2.75, 3.05) is 16.8 Å². The van der Waals surface area contributed by atoms with Crippen LogP contribution in [0.1, 0.15) is 32.2 Å². The maximum atomic E-state index is 13.0. The summed E-state index contributed by atoms with van der Waals surface area (Å²) in [4.78, 5) is 51.3. The first-order valence-electron chi connectivity index (χ1n) is 12.3. The normalized spacial score (nSPS) is 17.8. The van der Waals surface area contributed by atoms with Crippen molar-refractivity contribution in [3.63, 3.8) is 0 Å². The van der Waals surface area contributed by atoms with Crippen molar-refractivity contribution >= 4 is 122 Å². The fourth-order valence-electron chi connectivity index (χ4n) is 4.06. The predicted molar refractivity (Wildman–Crippen MR) is 164 cm³/mol.